The van der Waals surface area contributed by atoms with Crippen LogP contribution in [0.25, 0.3) is 0 Å². The van der Waals surface area contributed by atoms with Gasteiger partial charge in [-0.3, -0.25) is 0 Å². The molecule has 0 aliphatic carbocycles. The molecule has 0 radical (unpaired) electrons. The molecule has 0 saturated heterocycles. The summed E-state index contributed by atoms with van der Waals surface area (Å²) in [6.07, 6.45) is 10.1. The predicted octanol–water partition coefficient (Wildman–Crippen LogP) is 0.413. The fourth-order valence-corrected chi connectivity index (χ4v) is 2.86. The maximum atomic E-state index is 5.04. The van der Waals surface area contributed by atoms with E-state index in [0.717, 1.165) is 10.6 Å². The van der Waals surface area contributed by atoms with Gasteiger partial charge in [0, 0.05) is 0 Å². The summed E-state index contributed by atoms with van der Waals surface area (Å²) >= 11 is 0.831. The van der Waals surface area contributed by atoms with Crippen LogP contribution in [0.5, 0.6) is 0 Å². The Balaban J connectivity index is 2.77. The van der Waals surface area contributed by atoms with Gasteiger partial charge in [-0.15, -0.1) is 0 Å². The second-order valence-electron chi connectivity index (χ2n) is 0.933. The summed E-state index contributed by atoms with van der Waals surface area (Å²) in [5.41, 5.74) is 0. The second-order valence-corrected chi connectivity index (χ2v) is 4.85. The van der Waals surface area contributed by atoms with Gasteiger partial charge < -0.3 is 0 Å². The van der Waals surface area contributed by atoms with Crippen molar-refractivity contribution in [3.05, 3.63) is 0 Å². The summed E-state index contributed by atoms with van der Waals surface area (Å²) in [6.45, 7) is 0. The molecule has 0 aromatic rings. The van der Waals surface area contributed by atoms with Gasteiger partial charge in [-0.05, 0) is 0 Å². The van der Waals surface area contributed by atoms with E-state index < -0.39 is 0 Å². The molecule has 0 nitrogen and oxygen atoms in total. The van der Waals surface area contributed by atoms with E-state index in [9.17, 15) is 0 Å². The summed E-state index contributed by atoms with van der Waals surface area (Å²) in [4.78, 5) is 5.26. The summed E-state index contributed by atoms with van der Waals surface area (Å²) < 4.78 is 0. The van der Waals surface area contributed by atoms with Gasteiger partial charge >= 0.3 is 63.0 Å². The molecule has 0 aliphatic rings. The van der Waals surface area contributed by atoms with Crippen LogP contribution in [0.15, 0.2) is 0 Å². The average Bonchev–Trinajstić information content (AvgIpc) is 1.81. The van der Waals surface area contributed by atoms with Crippen LogP contribution in [0.3, 0.4) is 0 Å². The quantitative estimate of drug-likeness (QED) is 0.378. The van der Waals surface area contributed by atoms with E-state index in [1.165, 1.54) is 0 Å². The third-order valence-corrected chi connectivity index (χ3v) is 4.18. The van der Waals surface area contributed by atoms with Crippen molar-refractivity contribution in [1.29, 1.82) is 0 Å². The molecule has 8 heavy (non-hydrogen) atoms. The van der Waals surface area contributed by atoms with Crippen LogP contribution in [-0.4, -0.2) is 29.9 Å². The van der Waals surface area contributed by atoms with E-state index in [1.54, 1.807) is 0 Å². The van der Waals surface area contributed by atoms with E-state index in [4.69, 9.17) is 12.8 Å². The van der Waals surface area contributed by atoms with Gasteiger partial charge in [0.15, 0.2) is 0 Å². The summed E-state index contributed by atoms with van der Waals surface area (Å²) in [5.74, 6) is 0. The van der Waals surface area contributed by atoms with Gasteiger partial charge in [-0.25, -0.2) is 0 Å². The first-order valence-electron chi connectivity index (χ1n) is 2.06. The third-order valence-electron chi connectivity index (χ3n) is 0.454. The molecule has 0 aliphatic heterocycles. The normalized spacial score (nSPS) is 7.25. The zero-order chi connectivity index (χ0) is 6.24. The zero-order valence-corrected chi connectivity index (χ0v) is 7.81. The van der Waals surface area contributed by atoms with Crippen LogP contribution in [0, 0.1) is 22.5 Å². The summed E-state index contributed by atoms with van der Waals surface area (Å²) in [7, 11) is 0. The van der Waals surface area contributed by atoms with Crippen molar-refractivity contribution in [3.63, 3.8) is 0 Å². The van der Waals surface area contributed by atoms with Gasteiger partial charge in [0.25, 0.3) is 0 Å². The van der Waals surface area contributed by atoms with Crippen molar-refractivity contribution in [2.24, 2.45) is 0 Å². The van der Waals surface area contributed by atoms with Crippen LogP contribution in [-0.2, 0) is 0 Å². The molecule has 0 saturated carbocycles. The molecule has 0 heterocycles. The van der Waals surface area contributed by atoms with Crippen molar-refractivity contribution < 1.29 is 0 Å². The Bertz CT molecular complexity index is 99.5. The van der Waals surface area contributed by atoms with E-state index in [-0.39, 0.29) is 0 Å². The number of terminal acetylenes is 2. The molecular formula is C6H6Se2. The van der Waals surface area contributed by atoms with Crippen LogP contribution >= 0.6 is 0 Å². The molecule has 0 rings (SSSR count). The first-order valence-corrected chi connectivity index (χ1v) is 6.20. The fourth-order valence-electron chi connectivity index (χ4n) is 0.201. The van der Waals surface area contributed by atoms with Gasteiger partial charge in [-0.2, -0.15) is 0 Å². The van der Waals surface area contributed by atoms with E-state index in [0.29, 0.717) is 29.9 Å². The molecular weight excluding hydrogens is 230 g/mol. The van der Waals surface area contributed by atoms with Crippen LogP contribution in [0.1, 0.15) is 0 Å². The number of rotatable bonds is 3. The molecule has 0 aromatic carbocycles. The summed E-state index contributed by atoms with van der Waals surface area (Å²) in [5, 5.41) is 2.32. The molecule has 0 fully saturated rings. The van der Waals surface area contributed by atoms with E-state index in [2.05, 4.69) is 9.64 Å². The summed E-state index contributed by atoms with van der Waals surface area (Å²) in [6, 6.07) is 0. The Labute approximate surface area is 63.1 Å². The van der Waals surface area contributed by atoms with Gasteiger partial charge in [0.2, 0.25) is 0 Å². The molecule has 0 unspecified atom stereocenters. The van der Waals surface area contributed by atoms with E-state index in [1.807, 2.05) is 0 Å². The number of hydrogen-bond donors (Lipinski definition) is 0. The Hall–Kier alpha value is 0.159. The van der Waals surface area contributed by atoms with Gasteiger partial charge in [0.1, 0.15) is 0 Å². The van der Waals surface area contributed by atoms with Gasteiger partial charge in [-0.1, -0.05) is 0 Å². The van der Waals surface area contributed by atoms with Crippen molar-refractivity contribution in [2.45, 2.75) is 10.6 Å². The molecule has 0 spiro atoms. The predicted molar refractivity (Wildman–Crippen MR) is 38.8 cm³/mol. The Morgan fingerprint density at radius 1 is 1.00 bits per heavy atom. The van der Waals surface area contributed by atoms with Crippen molar-refractivity contribution in [3.8, 4) is 22.5 Å². The molecule has 2 heteroatoms. The monoisotopic (exact) mass is 238 g/mol. The third kappa shape index (κ3) is 6.16. The van der Waals surface area contributed by atoms with Crippen LogP contribution in [0.2, 0.25) is 10.6 Å². The fraction of sp³-hybridized carbons (Fsp3) is 0.333. The molecule has 0 atom stereocenters. The van der Waals surface area contributed by atoms with E-state index >= 15 is 0 Å². The molecule has 0 amide bonds. The maximum absolute atomic E-state index is 5.04. The Kier molecular flexibility index (Phi) is 7.30. The average molecular weight is 236 g/mol. The minimum atomic E-state index is 0.415. The molecule has 42 valence electrons. The molecule has 0 aromatic heterocycles. The van der Waals surface area contributed by atoms with Crippen LogP contribution in [0.4, 0.5) is 0 Å². The van der Waals surface area contributed by atoms with Crippen LogP contribution < -0.4 is 0 Å². The first-order chi connectivity index (χ1) is 3.91. The van der Waals surface area contributed by atoms with Gasteiger partial charge in [0.05, 0.1) is 0 Å². The topological polar surface area (TPSA) is 0 Å². The standard InChI is InChI=1S/C6H6Se2/c1-3-7-5-6-8-4-2/h1-2H,5-6H2. The minimum absolute atomic E-state index is 0.415. The van der Waals surface area contributed by atoms with Crippen molar-refractivity contribution in [1.82, 2.24) is 0 Å². The number of hydrogen-bond acceptors (Lipinski definition) is 0. The Morgan fingerprint density at radius 3 is 1.62 bits per heavy atom. The first kappa shape index (κ1) is 8.16. The second kappa shape index (κ2) is 7.16. The van der Waals surface area contributed by atoms with Crippen molar-refractivity contribution in [2.75, 3.05) is 0 Å². The van der Waals surface area contributed by atoms with Crippen molar-refractivity contribution >= 4 is 29.9 Å². The SMILES string of the molecule is C#C[Se]CC[Se]C#C. The Morgan fingerprint density at radius 2 is 1.38 bits per heavy atom. The molecule has 0 N–H and O–H groups in total. The molecule has 0 bridgehead atoms. The zero-order valence-electron chi connectivity index (χ0n) is 4.39.